The molecule has 1 unspecified atom stereocenters. The summed E-state index contributed by atoms with van der Waals surface area (Å²) in [5, 5.41) is 0. The van der Waals surface area contributed by atoms with Crippen LogP contribution in [0.5, 0.6) is 0 Å². The maximum atomic E-state index is 2.39. The topological polar surface area (TPSA) is 0 Å². The minimum absolute atomic E-state index is 0.779. The van der Waals surface area contributed by atoms with Crippen molar-refractivity contribution in [2.24, 2.45) is 5.92 Å². The Labute approximate surface area is 73.8 Å². The van der Waals surface area contributed by atoms with Gasteiger partial charge in [0.1, 0.15) is 0 Å². The lowest BCUT2D eigenvalue weighted by molar-refractivity contribution is 0.698. The van der Waals surface area contributed by atoms with E-state index in [4.69, 9.17) is 0 Å². The van der Waals surface area contributed by atoms with Crippen LogP contribution in [0, 0.1) is 5.92 Å². The maximum Gasteiger partial charge on any atom is 0.00606 e. The van der Waals surface area contributed by atoms with Gasteiger partial charge in [0.15, 0.2) is 0 Å². The molecule has 0 nitrogen and oxygen atoms in total. The van der Waals surface area contributed by atoms with E-state index in [1.54, 1.807) is 0 Å². The molecule has 0 aromatic carbocycles. The Kier molecular flexibility index (Phi) is 3.25. The van der Waals surface area contributed by atoms with E-state index in [0.29, 0.717) is 0 Å². The fraction of sp³-hybridized carbons (Fsp3) is 0.600. The third-order valence-corrected chi connectivity index (χ3v) is 3.30. The molecule has 0 N–H and O–H groups in total. The standard InChI is InChI=1S/C10H16S/c1-4-9(3)10-7-8(2)5-6-11-10/h4,7-8H,5-6H2,1-3H3/b9-4+. The summed E-state index contributed by atoms with van der Waals surface area (Å²) in [6, 6.07) is 0. The molecule has 0 aliphatic carbocycles. The van der Waals surface area contributed by atoms with E-state index in [9.17, 15) is 0 Å². The number of rotatable bonds is 1. The number of thioether (sulfide) groups is 1. The molecule has 1 heteroatoms. The van der Waals surface area contributed by atoms with E-state index >= 15 is 0 Å². The van der Waals surface area contributed by atoms with Gasteiger partial charge in [-0.1, -0.05) is 19.1 Å². The molecule has 62 valence electrons. The van der Waals surface area contributed by atoms with Gasteiger partial charge < -0.3 is 0 Å². The molecule has 0 saturated heterocycles. The van der Waals surface area contributed by atoms with Crippen LogP contribution in [0.1, 0.15) is 27.2 Å². The normalized spacial score (nSPS) is 26.6. The first-order chi connectivity index (χ1) is 5.24. The van der Waals surface area contributed by atoms with Crippen LogP contribution in [0.3, 0.4) is 0 Å². The highest BCUT2D eigenvalue weighted by Crippen LogP contribution is 2.31. The predicted molar refractivity (Wildman–Crippen MR) is 53.8 cm³/mol. The van der Waals surface area contributed by atoms with Crippen molar-refractivity contribution in [2.45, 2.75) is 27.2 Å². The second-order valence-electron chi connectivity index (χ2n) is 3.12. The molecule has 1 atom stereocenters. The van der Waals surface area contributed by atoms with Gasteiger partial charge >= 0.3 is 0 Å². The number of hydrogen-bond donors (Lipinski definition) is 0. The Morgan fingerprint density at radius 3 is 3.00 bits per heavy atom. The van der Waals surface area contributed by atoms with Crippen LogP contribution in [0.15, 0.2) is 22.6 Å². The fourth-order valence-corrected chi connectivity index (χ4v) is 2.52. The van der Waals surface area contributed by atoms with Crippen LogP contribution in [-0.4, -0.2) is 5.75 Å². The van der Waals surface area contributed by atoms with E-state index in [1.165, 1.54) is 22.7 Å². The molecule has 1 rings (SSSR count). The average molecular weight is 168 g/mol. The molecule has 0 spiro atoms. The molecular formula is C10H16S. The largest absolute Gasteiger partial charge is 0.126 e. The van der Waals surface area contributed by atoms with Gasteiger partial charge in [0.05, 0.1) is 0 Å². The van der Waals surface area contributed by atoms with Gasteiger partial charge in [-0.25, -0.2) is 0 Å². The van der Waals surface area contributed by atoms with E-state index in [-0.39, 0.29) is 0 Å². The molecule has 1 aliphatic rings. The van der Waals surface area contributed by atoms with Crippen molar-refractivity contribution in [1.29, 1.82) is 0 Å². The van der Waals surface area contributed by atoms with Crippen LogP contribution < -0.4 is 0 Å². The Balaban J connectivity index is 2.71. The molecule has 0 radical (unpaired) electrons. The van der Waals surface area contributed by atoms with E-state index < -0.39 is 0 Å². The third kappa shape index (κ3) is 2.41. The van der Waals surface area contributed by atoms with Crippen LogP contribution in [-0.2, 0) is 0 Å². The fourth-order valence-electron chi connectivity index (χ4n) is 1.13. The lowest BCUT2D eigenvalue weighted by Gasteiger charge is -2.17. The van der Waals surface area contributed by atoms with E-state index in [0.717, 1.165) is 5.92 Å². The third-order valence-electron chi connectivity index (χ3n) is 2.09. The van der Waals surface area contributed by atoms with Crippen molar-refractivity contribution in [3.8, 4) is 0 Å². The molecule has 0 fully saturated rings. The minimum atomic E-state index is 0.779. The number of hydrogen-bond acceptors (Lipinski definition) is 1. The Morgan fingerprint density at radius 2 is 2.45 bits per heavy atom. The first-order valence-electron chi connectivity index (χ1n) is 4.22. The molecule has 0 amide bonds. The smallest absolute Gasteiger partial charge is 0.00606 e. The van der Waals surface area contributed by atoms with Gasteiger partial charge in [-0.2, -0.15) is 0 Å². The first-order valence-corrected chi connectivity index (χ1v) is 5.20. The van der Waals surface area contributed by atoms with Crippen LogP contribution in [0.2, 0.25) is 0 Å². The summed E-state index contributed by atoms with van der Waals surface area (Å²) in [6.07, 6.45) is 5.92. The van der Waals surface area contributed by atoms with Gasteiger partial charge in [0.25, 0.3) is 0 Å². The summed E-state index contributed by atoms with van der Waals surface area (Å²) in [7, 11) is 0. The lowest BCUT2D eigenvalue weighted by Crippen LogP contribution is -2.00. The molecule has 0 saturated carbocycles. The van der Waals surface area contributed by atoms with Gasteiger partial charge in [-0.05, 0) is 37.5 Å². The Morgan fingerprint density at radius 1 is 1.73 bits per heavy atom. The minimum Gasteiger partial charge on any atom is -0.126 e. The monoisotopic (exact) mass is 168 g/mol. The lowest BCUT2D eigenvalue weighted by atomic mass is 10.1. The Bertz CT molecular complexity index is 189. The van der Waals surface area contributed by atoms with Crippen molar-refractivity contribution < 1.29 is 0 Å². The van der Waals surface area contributed by atoms with Gasteiger partial charge in [-0.15, -0.1) is 11.8 Å². The highest BCUT2D eigenvalue weighted by Gasteiger charge is 2.10. The average Bonchev–Trinajstić information content (AvgIpc) is 2.03. The summed E-state index contributed by atoms with van der Waals surface area (Å²) < 4.78 is 0. The quantitative estimate of drug-likeness (QED) is 0.576. The molecule has 1 heterocycles. The second-order valence-corrected chi connectivity index (χ2v) is 4.25. The SMILES string of the molecule is C/C=C(\C)C1=CC(C)CCS1. The molecular weight excluding hydrogens is 152 g/mol. The molecule has 0 aromatic rings. The summed E-state index contributed by atoms with van der Waals surface area (Å²) in [5.41, 5.74) is 1.43. The van der Waals surface area contributed by atoms with E-state index in [1.807, 2.05) is 11.8 Å². The summed E-state index contributed by atoms with van der Waals surface area (Å²) in [5.74, 6) is 2.07. The summed E-state index contributed by atoms with van der Waals surface area (Å²) in [6.45, 7) is 6.59. The summed E-state index contributed by atoms with van der Waals surface area (Å²) >= 11 is 1.99. The van der Waals surface area contributed by atoms with Crippen molar-refractivity contribution in [2.75, 3.05) is 5.75 Å². The zero-order valence-corrected chi connectivity index (χ0v) is 8.37. The zero-order valence-electron chi connectivity index (χ0n) is 7.55. The van der Waals surface area contributed by atoms with Crippen LogP contribution in [0.4, 0.5) is 0 Å². The van der Waals surface area contributed by atoms with Crippen molar-refractivity contribution >= 4 is 11.8 Å². The van der Waals surface area contributed by atoms with Gasteiger partial charge in [-0.3, -0.25) is 0 Å². The highest BCUT2D eigenvalue weighted by molar-refractivity contribution is 8.03. The van der Waals surface area contributed by atoms with Crippen molar-refractivity contribution in [1.82, 2.24) is 0 Å². The Hall–Kier alpha value is -0.170. The predicted octanol–water partition coefficient (Wildman–Crippen LogP) is 3.61. The number of allylic oxidation sites excluding steroid dienone is 3. The van der Waals surface area contributed by atoms with Crippen LogP contribution in [0.25, 0.3) is 0 Å². The van der Waals surface area contributed by atoms with E-state index in [2.05, 4.69) is 32.9 Å². The first kappa shape index (κ1) is 8.92. The zero-order chi connectivity index (χ0) is 8.27. The highest BCUT2D eigenvalue weighted by atomic mass is 32.2. The molecule has 0 aromatic heterocycles. The van der Waals surface area contributed by atoms with Gasteiger partial charge in [0, 0.05) is 4.91 Å². The molecule has 1 aliphatic heterocycles. The molecule has 0 bridgehead atoms. The summed E-state index contributed by atoms with van der Waals surface area (Å²) in [4.78, 5) is 1.49. The van der Waals surface area contributed by atoms with Crippen LogP contribution >= 0.6 is 11.8 Å². The van der Waals surface area contributed by atoms with Crippen molar-refractivity contribution in [3.63, 3.8) is 0 Å². The maximum absolute atomic E-state index is 2.39. The van der Waals surface area contributed by atoms with Crippen molar-refractivity contribution in [3.05, 3.63) is 22.6 Å². The molecule has 11 heavy (non-hydrogen) atoms. The van der Waals surface area contributed by atoms with Gasteiger partial charge in [0.2, 0.25) is 0 Å². The second kappa shape index (κ2) is 4.01.